The lowest BCUT2D eigenvalue weighted by molar-refractivity contribution is -0.00803. The van der Waals surface area contributed by atoms with E-state index in [2.05, 4.69) is 53.4 Å². The number of hydrogen-bond donors (Lipinski definition) is 1. The molecule has 148 valence electrons. The topological polar surface area (TPSA) is 54.7 Å². The largest absolute Gasteiger partial charge is 0.370 e. The number of guanidine groups is 1. The Hall–Kier alpha value is -1.61. The van der Waals surface area contributed by atoms with Gasteiger partial charge in [0.1, 0.15) is 6.10 Å². The molecule has 1 saturated heterocycles. The van der Waals surface area contributed by atoms with Crippen molar-refractivity contribution in [2.24, 2.45) is 12.0 Å². The predicted molar refractivity (Wildman–Crippen MR) is 120 cm³/mol. The van der Waals surface area contributed by atoms with Crippen molar-refractivity contribution in [1.82, 2.24) is 20.0 Å². The first-order chi connectivity index (χ1) is 12.7. The molecule has 0 spiro atoms. The van der Waals surface area contributed by atoms with Crippen molar-refractivity contribution >= 4 is 29.9 Å². The van der Waals surface area contributed by atoms with Crippen LogP contribution in [0.1, 0.15) is 29.7 Å². The van der Waals surface area contributed by atoms with Gasteiger partial charge in [-0.25, -0.2) is 0 Å². The summed E-state index contributed by atoms with van der Waals surface area (Å²) in [5, 5.41) is 7.69. The van der Waals surface area contributed by atoms with Gasteiger partial charge in [0.25, 0.3) is 0 Å². The van der Waals surface area contributed by atoms with Crippen LogP contribution in [0.2, 0.25) is 0 Å². The Bertz CT molecular complexity index is 745. The fourth-order valence-corrected chi connectivity index (χ4v) is 3.23. The van der Waals surface area contributed by atoms with Gasteiger partial charge in [-0.05, 0) is 25.8 Å². The number of benzene rings is 1. The predicted octanol–water partition coefficient (Wildman–Crippen LogP) is 2.93. The van der Waals surface area contributed by atoms with Gasteiger partial charge in [0, 0.05) is 38.4 Å². The highest BCUT2D eigenvalue weighted by atomic mass is 127. The van der Waals surface area contributed by atoms with E-state index in [1.165, 1.54) is 11.1 Å². The summed E-state index contributed by atoms with van der Waals surface area (Å²) in [5.41, 5.74) is 3.75. The Morgan fingerprint density at radius 2 is 2.26 bits per heavy atom. The minimum atomic E-state index is 0. The minimum absolute atomic E-state index is 0. The number of halogens is 1. The molecule has 2 aromatic rings. The Kier molecular flexibility index (Phi) is 8.56. The molecule has 1 aromatic heterocycles. The van der Waals surface area contributed by atoms with E-state index in [-0.39, 0.29) is 30.1 Å². The third-order valence-electron chi connectivity index (χ3n) is 4.54. The smallest absolute Gasteiger partial charge is 0.194 e. The number of aryl methyl sites for hydroxylation is 2. The Balaban J connectivity index is 0.00000261. The lowest BCUT2D eigenvalue weighted by Crippen LogP contribution is -2.48. The standard InChI is InChI=1S/C20H29N5O.HI/c1-4-21-20(22-9-8-17-7-5-6-16(2)12-17)25-10-11-26-19(15-25)18-13-23-24(3)14-18;/h5-7,12-14,19H,4,8-11,15H2,1-3H3,(H,21,22);1H. The van der Waals surface area contributed by atoms with Gasteiger partial charge in [-0.3, -0.25) is 9.67 Å². The van der Waals surface area contributed by atoms with Crippen LogP contribution in [0.4, 0.5) is 0 Å². The first-order valence-electron chi connectivity index (χ1n) is 9.34. The van der Waals surface area contributed by atoms with Crippen molar-refractivity contribution in [2.45, 2.75) is 26.4 Å². The molecular weight excluding hydrogens is 453 g/mol. The minimum Gasteiger partial charge on any atom is -0.370 e. The summed E-state index contributed by atoms with van der Waals surface area (Å²) in [4.78, 5) is 7.14. The van der Waals surface area contributed by atoms with E-state index in [9.17, 15) is 0 Å². The Labute approximate surface area is 179 Å². The van der Waals surface area contributed by atoms with E-state index in [1.54, 1.807) is 0 Å². The number of aromatic nitrogens is 2. The molecule has 1 aliphatic rings. The fourth-order valence-electron chi connectivity index (χ4n) is 3.23. The monoisotopic (exact) mass is 483 g/mol. The summed E-state index contributed by atoms with van der Waals surface area (Å²) in [6.07, 6.45) is 4.90. The van der Waals surface area contributed by atoms with Crippen LogP contribution in [-0.2, 0) is 18.2 Å². The van der Waals surface area contributed by atoms with Crippen LogP contribution in [0.15, 0.2) is 41.7 Å². The highest BCUT2D eigenvalue weighted by molar-refractivity contribution is 14.0. The first kappa shape index (κ1) is 21.7. The Morgan fingerprint density at radius 1 is 1.41 bits per heavy atom. The van der Waals surface area contributed by atoms with Crippen LogP contribution >= 0.6 is 24.0 Å². The van der Waals surface area contributed by atoms with Crippen LogP contribution in [0.25, 0.3) is 0 Å². The van der Waals surface area contributed by atoms with Gasteiger partial charge in [0.2, 0.25) is 0 Å². The number of nitrogens with zero attached hydrogens (tertiary/aromatic N) is 4. The van der Waals surface area contributed by atoms with Crippen LogP contribution in [0.3, 0.4) is 0 Å². The van der Waals surface area contributed by atoms with Crippen molar-refractivity contribution in [3.63, 3.8) is 0 Å². The normalized spacial score (nSPS) is 17.5. The summed E-state index contributed by atoms with van der Waals surface area (Å²) in [6.45, 7) is 8.22. The van der Waals surface area contributed by atoms with Gasteiger partial charge in [0.05, 0.1) is 19.3 Å². The van der Waals surface area contributed by atoms with E-state index in [0.29, 0.717) is 6.61 Å². The van der Waals surface area contributed by atoms with Crippen LogP contribution < -0.4 is 5.32 Å². The molecule has 3 rings (SSSR count). The maximum Gasteiger partial charge on any atom is 0.194 e. The lowest BCUT2D eigenvalue weighted by Gasteiger charge is -2.34. The van der Waals surface area contributed by atoms with Gasteiger partial charge in [-0.15, -0.1) is 24.0 Å². The molecule has 2 heterocycles. The number of nitrogens with one attached hydrogen (secondary N) is 1. The molecule has 1 fully saturated rings. The van der Waals surface area contributed by atoms with E-state index in [4.69, 9.17) is 9.73 Å². The second-order valence-electron chi connectivity index (χ2n) is 6.73. The number of morpholine rings is 1. The molecule has 7 heteroatoms. The fraction of sp³-hybridized carbons (Fsp3) is 0.500. The van der Waals surface area contributed by atoms with Crippen molar-refractivity contribution in [3.8, 4) is 0 Å². The molecule has 0 amide bonds. The van der Waals surface area contributed by atoms with Crippen molar-refractivity contribution < 1.29 is 4.74 Å². The Morgan fingerprint density at radius 3 is 2.96 bits per heavy atom. The zero-order valence-corrected chi connectivity index (χ0v) is 18.7. The SMILES string of the molecule is CCNC(=NCCc1cccc(C)c1)N1CCOC(c2cnn(C)c2)C1.I. The van der Waals surface area contributed by atoms with Crippen molar-refractivity contribution in [3.05, 3.63) is 53.3 Å². The van der Waals surface area contributed by atoms with E-state index >= 15 is 0 Å². The molecule has 1 atom stereocenters. The second-order valence-corrected chi connectivity index (χ2v) is 6.73. The average molecular weight is 483 g/mol. The molecule has 1 aromatic carbocycles. The summed E-state index contributed by atoms with van der Waals surface area (Å²) < 4.78 is 7.76. The average Bonchev–Trinajstić information content (AvgIpc) is 3.08. The second kappa shape index (κ2) is 10.7. The molecule has 0 radical (unpaired) electrons. The summed E-state index contributed by atoms with van der Waals surface area (Å²) in [7, 11) is 1.93. The zero-order valence-electron chi connectivity index (χ0n) is 16.4. The maximum atomic E-state index is 5.95. The molecule has 6 nitrogen and oxygen atoms in total. The summed E-state index contributed by atoms with van der Waals surface area (Å²) >= 11 is 0. The molecule has 1 N–H and O–H groups in total. The number of ether oxygens (including phenoxy) is 1. The van der Waals surface area contributed by atoms with Crippen LogP contribution in [-0.4, -0.2) is 53.4 Å². The van der Waals surface area contributed by atoms with Gasteiger partial charge in [-0.2, -0.15) is 5.10 Å². The highest BCUT2D eigenvalue weighted by Crippen LogP contribution is 2.21. The number of rotatable bonds is 5. The molecule has 27 heavy (non-hydrogen) atoms. The van der Waals surface area contributed by atoms with Crippen LogP contribution in [0.5, 0.6) is 0 Å². The number of hydrogen-bond acceptors (Lipinski definition) is 3. The summed E-state index contributed by atoms with van der Waals surface area (Å²) in [6, 6.07) is 8.64. The quantitative estimate of drug-likeness (QED) is 0.404. The third-order valence-corrected chi connectivity index (χ3v) is 4.54. The molecular formula is C20H30IN5O. The zero-order chi connectivity index (χ0) is 18.4. The molecule has 1 aliphatic heterocycles. The van der Waals surface area contributed by atoms with Crippen molar-refractivity contribution in [2.75, 3.05) is 32.8 Å². The molecule has 0 saturated carbocycles. The molecule has 0 aliphatic carbocycles. The van der Waals surface area contributed by atoms with Gasteiger partial charge in [-0.1, -0.05) is 29.8 Å². The lowest BCUT2D eigenvalue weighted by atomic mass is 10.1. The van der Waals surface area contributed by atoms with E-state index in [1.807, 2.05) is 24.1 Å². The molecule has 0 bridgehead atoms. The third kappa shape index (κ3) is 6.21. The maximum absolute atomic E-state index is 5.95. The van der Waals surface area contributed by atoms with E-state index < -0.39 is 0 Å². The highest BCUT2D eigenvalue weighted by Gasteiger charge is 2.25. The van der Waals surface area contributed by atoms with Crippen LogP contribution in [0, 0.1) is 6.92 Å². The van der Waals surface area contributed by atoms with Gasteiger partial charge in [0.15, 0.2) is 5.96 Å². The van der Waals surface area contributed by atoms with Crippen molar-refractivity contribution in [1.29, 1.82) is 0 Å². The van der Waals surface area contributed by atoms with Gasteiger partial charge >= 0.3 is 0 Å². The molecule has 1 unspecified atom stereocenters. The van der Waals surface area contributed by atoms with E-state index in [0.717, 1.165) is 44.1 Å². The summed E-state index contributed by atoms with van der Waals surface area (Å²) in [5.74, 6) is 0.970. The first-order valence-corrected chi connectivity index (χ1v) is 9.34. The van der Waals surface area contributed by atoms with Gasteiger partial charge < -0.3 is 15.0 Å². The number of aliphatic imine (C=N–C) groups is 1.